The highest BCUT2D eigenvalue weighted by Crippen LogP contribution is 2.34. The molecule has 1 unspecified atom stereocenters. The van der Waals surface area contributed by atoms with E-state index in [9.17, 15) is 5.11 Å². The minimum absolute atomic E-state index is 0.507. The summed E-state index contributed by atoms with van der Waals surface area (Å²) in [5, 5.41) is 11.9. The van der Waals surface area contributed by atoms with Crippen LogP contribution in [0.4, 0.5) is 0 Å². The van der Waals surface area contributed by atoms with Crippen molar-refractivity contribution in [3.63, 3.8) is 0 Å². The third-order valence-electron chi connectivity index (χ3n) is 3.27. The molecule has 0 aliphatic heterocycles. The maximum absolute atomic E-state index is 10.8. The van der Waals surface area contributed by atoms with E-state index in [-0.39, 0.29) is 0 Å². The van der Waals surface area contributed by atoms with Crippen LogP contribution in [0.1, 0.15) is 17.5 Å². The third-order valence-corrected chi connectivity index (χ3v) is 5.11. The van der Waals surface area contributed by atoms with Gasteiger partial charge < -0.3 is 5.11 Å². The van der Waals surface area contributed by atoms with Crippen LogP contribution < -0.4 is 0 Å². The van der Waals surface area contributed by atoms with Crippen LogP contribution >= 0.6 is 27.3 Å². The molecule has 0 radical (unpaired) electrons. The molecule has 0 bridgehead atoms. The molecule has 0 saturated carbocycles. The lowest BCUT2D eigenvalue weighted by Crippen LogP contribution is -2.23. The molecule has 102 valence electrons. The van der Waals surface area contributed by atoms with Gasteiger partial charge in [-0.2, -0.15) is 0 Å². The first-order valence-corrected chi connectivity index (χ1v) is 7.97. The summed E-state index contributed by atoms with van der Waals surface area (Å²) in [6.45, 7) is 1.85. The summed E-state index contributed by atoms with van der Waals surface area (Å²) >= 11 is 5.01. The number of hydrogen-bond acceptors (Lipinski definition) is 3. The van der Waals surface area contributed by atoms with E-state index in [2.05, 4.69) is 39.1 Å². The molecule has 2 aromatic heterocycles. The number of pyridine rings is 1. The number of thiophene rings is 1. The molecule has 1 aromatic carbocycles. The van der Waals surface area contributed by atoms with Crippen molar-refractivity contribution in [3.8, 4) is 0 Å². The van der Waals surface area contributed by atoms with E-state index in [0.717, 1.165) is 15.0 Å². The van der Waals surface area contributed by atoms with E-state index in [1.165, 1.54) is 10.1 Å². The molecule has 0 fully saturated rings. The van der Waals surface area contributed by atoms with Gasteiger partial charge in [0, 0.05) is 32.4 Å². The Bertz CT molecular complexity index is 701. The fraction of sp³-hybridized carbons (Fsp3) is 0.188. The molecule has 0 aliphatic rings. The maximum atomic E-state index is 10.8. The zero-order chi connectivity index (χ0) is 14.2. The zero-order valence-corrected chi connectivity index (χ0v) is 13.4. The van der Waals surface area contributed by atoms with Gasteiger partial charge in [-0.1, -0.05) is 18.2 Å². The predicted molar refractivity (Wildman–Crippen MR) is 87.0 cm³/mol. The summed E-state index contributed by atoms with van der Waals surface area (Å²) in [6, 6.07) is 14.1. The number of hydrogen-bond donors (Lipinski definition) is 1. The smallest absolute Gasteiger partial charge is 0.101 e. The minimum Gasteiger partial charge on any atom is -0.384 e. The van der Waals surface area contributed by atoms with Gasteiger partial charge in [0.15, 0.2) is 0 Å². The Hall–Kier alpha value is -1.23. The second kappa shape index (κ2) is 5.28. The second-order valence-corrected chi connectivity index (χ2v) is 7.07. The van der Waals surface area contributed by atoms with Crippen LogP contribution in [0.2, 0.25) is 0 Å². The molecule has 4 heteroatoms. The monoisotopic (exact) mass is 347 g/mol. The molecular weight excluding hydrogens is 334 g/mol. The molecule has 0 aliphatic carbocycles. The first kappa shape index (κ1) is 13.7. The van der Waals surface area contributed by atoms with Crippen LogP contribution in [0.25, 0.3) is 10.1 Å². The SMILES string of the molecule is CC(O)(Cc1ccc(Br)cn1)c1cc2ccccc2s1. The molecule has 2 nitrogen and oxygen atoms in total. The number of rotatable bonds is 3. The molecule has 20 heavy (non-hydrogen) atoms. The lowest BCUT2D eigenvalue weighted by atomic mass is 9.97. The van der Waals surface area contributed by atoms with E-state index >= 15 is 0 Å². The number of fused-ring (bicyclic) bond motifs is 1. The first-order chi connectivity index (χ1) is 9.54. The first-order valence-electron chi connectivity index (χ1n) is 6.36. The lowest BCUT2D eigenvalue weighted by Gasteiger charge is -2.21. The number of aliphatic hydroxyl groups is 1. The van der Waals surface area contributed by atoms with Crippen molar-refractivity contribution in [1.82, 2.24) is 4.98 Å². The summed E-state index contributed by atoms with van der Waals surface area (Å²) in [5.41, 5.74) is -0.0134. The van der Waals surface area contributed by atoms with Gasteiger partial charge in [0.1, 0.15) is 5.60 Å². The Labute approximate surface area is 130 Å². The second-order valence-electron chi connectivity index (χ2n) is 5.07. The minimum atomic E-state index is -0.898. The topological polar surface area (TPSA) is 33.1 Å². The standard InChI is InChI=1S/C16H14BrNOS/c1-16(19,9-13-7-6-12(17)10-18-13)15-8-11-4-2-3-5-14(11)20-15/h2-8,10,19H,9H2,1H3. The van der Waals surface area contributed by atoms with Crippen LogP contribution in [-0.4, -0.2) is 10.1 Å². The van der Waals surface area contributed by atoms with Crippen LogP contribution in [0, 0.1) is 0 Å². The van der Waals surface area contributed by atoms with E-state index in [1.54, 1.807) is 17.5 Å². The van der Waals surface area contributed by atoms with Crippen molar-refractivity contribution in [3.05, 3.63) is 63.7 Å². The molecule has 3 rings (SSSR count). The van der Waals surface area contributed by atoms with E-state index in [1.807, 2.05) is 31.2 Å². The van der Waals surface area contributed by atoms with E-state index < -0.39 is 5.60 Å². The Morgan fingerprint density at radius 1 is 1.25 bits per heavy atom. The molecular formula is C16H14BrNOS. The van der Waals surface area contributed by atoms with Crippen molar-refractivity contribution < 1.29 is 5.11 Å². The molecule has 0 saturated heterocycles. The summed E-state index contributed by atoms with van der Waals surface area (Å²) in [5.74, 6) is 0. The van der Waals surface area contributed by atoms with Crippen LogP contribution in [-0.2, 0) is 12.0 Å². The number of halogens is 1. The van der Waals surface area contributed by atoms with Gasteiger partial charge in [0.2, 0.25) is 0 Å². The normalized spacial score (nSPS) is 14.3. The fourth-order valence-electron chi connectivity index (χ4n) is 2.20. The Morgan fingerprint density at radius 2 is 2.05 bits per heavy atom. The maximum Gasteiger partial charge on any atom is 0.101 e. The highest BCUT2D eigenvalue weighted by atomic mass is 79.9. The Kier molecular flexibility index (Phi) is 3.63. The van der Waals surface area contributed by atoms with E-state index in [4.69, 9.17) is 0 Å². The van der Waals surface area contributed by atoms with Crippen LogP contribution in [0.3, 0.4) is 0 Å². The average Bonchev–Trinajstić information content (AvgIpc) is 2.86. The quantitative estimate of drug-likeness (QED) is 0.756. The Morgan fingerprint density at radius 3 is 2.75 bits per heavy atom. The number of benzene rings is 1. The van der Waals surface area contributed by atoms with Crippen molar-refractivity contribution in [1.29, 1.82) is 0 Å². The van der Waals surface area contributed by atoms with Crippen molar-refractivity contribution in [2.24, 2.45) is 0 Å². The average molecular weight is 348 g/mol. The van der Waals surface area contributed by atoms with Gasteiger partial charge in [0.25, 0.3) is 0 Å². The summed E-state index contributed by atoms with van der Waals surface area (Å²) in [4.78, 5) is 5.32. The van der Waals surface area contributed by atoms with Gasteiger partial charge in [-0.25, -0.2) is 0 Å². The van der Waals surface area contributed by atoms with Gasteiger partial charge in [0.05, 0.1) is 0 Å². The molecule has 1 N–H and O–H groups in total. The summed E-state index contributed by atoms with van der Waals surface area (Å²) < 4.78 is 2.15. The molecule has 2 heterocycles. The molecule has 0 spiro atoms. The van der Waals surface area contributed by atoms with Gasteiger partial charge in [-0.3, -0.25) is 4.98 Å². The Balaban J connectivity index is 1.92. The predicted octanol–water partition coefficient (Wildman–Crippen LogP) is 4.51. The van der Waals surface area contributed by atoms with Crippen molar-refractivity contribution in [2.75, 3.05) is 0 Å². The fourth-order valence-corrected chi connectivity index (χ4v) is 3.54. The summed E-state index contributed by atoms with van der Waals surface area (Å²) in [7, 11) is 0. The van der Waals surface area contributed by atoms with Gasteiger partial charge in [-0.15, -0.1) is 11.3 Å². The van der Waals surface area contributed by atoms with Crippen molar-refractivity contribution >= 4 is 37.4 Å². The molecule has 1 atom stereocenters. The van der Waals surface area contributed by atoms with Gasteiger partial charge >= 0.3 is 0 Å². The van der Waals surface area contributed by atoms with E-state index in [0.29, 0.717) is 6.42 Å². The molecule has 0 amide bonds. The zero-order valence-electron chi connectivity index (χ0n) is 11.0. The third kappa shape index (κ3) is 2.77. The highest BCUT2D eigenvalue weighted by Gasteiger charge is 2.26. The summed E-state index contributed by atoms with van der Waals surface area (Å²) in [6.07, 6.45) is 2.27. The van der Waals surface area contributed by atoms with Crippen LogP contribution in [0.5, 0.6) is 0 Å². The molecule has 3 aromatic rings. The van der Waals surface area contributed by atoms with Gasteiger partial charge in [-0.05, 0) is 52.5 Å². The van der Waals surface area contributed by atoms with Crippen molar-refractivity contribution in [2.45, 2.75) is 18.9 Å². The lowest BCUT2D eigenvalue weighted by molar-refractivity contribution is 0.0605. The number of aromatic nitrogens is 1. The van der Waals surface area contributed by atoms with Crippen LogP contribution in [0.15, 0.2) is 53.1 Å². The highest BCUT2D eigenvalue weighted by molar-refractivity contribution is 9.10. The largest absolute Gasteiger partial charge is 0.384 e. The number of nitrogens with zero attached hydrogens (tertiary/aromatic N) is 1.